The number of amides is 1. The second-order valence-corrected chi connectivity index (χ2v) is 4.77. The summed E-state index contributed by atoms with van der Waals surface area (Å²) in [7, 11) is 0. The highest BCUT2D eigenvalue weighted by atomic mass is 19.1. The lowest BCUT2D eigenvalue weighted by Gasteiger charge is -2.08. The van der Waals surface area contributed by atoms with Gasteiger partial charge in [0, 0.05) is 5.56 Å². The van der Waals surface area contributed by atoms with Crippen molar-refractivity contribution in [1.82, 2.24) is 15.5 Å². The van der Waals surface area contributed by atoms with Gasteiger partial charge in [0.2, 0.25) is 0 Å². The van der Waals surface area contributed by atoms with Crippen molar-refractivity contribution >= 4 is 11.9 Å². The molecule has 0 aliphatic heterocycles. The highest BCUT2D eigenvalue weighted by Gasteiger charge is 2.15. The van der Waals surface area contributed by atoms with Crippen LogP contribution < -0.4 is 5.32 Å². The number of aryl methyl sites for hydroxylation is 1. The fourth-order valence-electron chi connectivity index (χ4n) is 1.88. The fraction of sp³-hybridized carbons (Fsp3) is 0.250. The second kappa shape index (κ2) is 7.44. The van der Waals surface area contributed by atoms with Gasteiger partial charge >= 0.3 is 11.9 Å². The highest BCUT2D eigenvalue weighted by Crippen LogP contribution is 2.18. The quantitative estimate of drug-likeness (QED) is 0.686. The summed E-state index contributed by atoms with van der Waals surface area (Å²) in [6, 6.07) is 7.70. The summed E-state index contributed by atoms with van der Waals surface area (Å²) in [5.41, 5.74) is 2.67. The van der Waals surface area contributed by atoms with E-state index in [-0.39, 0.29) is 19.0 Å². The Morgan fingerprint density at radius 3 is 2.52 bits per heavy atom. The Bertz CT molecular complexity index is 717. The van der Waals surface area contributed by atoms with E-state index in [1.807, 2.05) is 6.92 Å². The Labute approximate surface area is 132 Å². The average Bonchev–Trinajstić information content (AvgIpc) is 2.54. The summed E-state index contributed by atoms with van der Waals surface area (Å²) >= 11 is 0. The molecule has 0 radical (unpaired) electrons. The minimum Gasteiger partial charge on any atom is -0.459 e. The van der Waals surface area contributed by atoms with Crippen LogP contribution in [0.2, 0.25) is 0 Å². The highest BCUT2D eigenvalue weighted by molar-refractivity contribution is 6.32. The molecule has 0 fully saturated rings. The Morgan fingerprint density at radius 1 is 1.22 bits per heavy atom. The van der Waals surface area contributed by atoms with Gasteiger partial charge in [-0.15, -0.1) is 0 Å². The third-order valence-corrected chi connectivity index (χ3v) is 3.10. The van der Waals surface area contributed by atoms with E-state index < -0.39 is 11.9 Å². The van der Waals surface area contributed by atoms with Gasteiger partial charge in [0.25, 0.3) is 0 Å². The van der Waals surface area contributed by atoms with Gasteiger partial charge in [-0.05, 0) is 49.7 Å². The summed E-state index contributed by atoms with van der Waals surface area (Å²) < 4.78 is 17.5. The van der Waals surface area contributed by atoms with E-state index >= 15 is 0 Å². The molecule has 0 aliphatic carbocycles. The van der Waals surface area contributed by atoms with Crippen LogP contribution in [-0.4, -0.2) is 28.7 Å². The van der Waals surface area contributed by atoms with Gasteiger partial charge in [-0.2, -0.15) is 10.2 Å². The fourth-order valence-corrected chi connectivity index (χ4v) is 1.88. The third-order valence-electron chi connectivity index (χ3n) is 3.10. The lowest BCUT2D eigenvalue weighted by atomic mass is 10.1. The zero-order chi connectivity index (χ0) is 16.8. The van der Waals surface area contributed by atoms with Gasteiger partial charge in [-0.1, -0.05) is 0 Å². The van der Waals surface area contributed by atoms with Gasteiger partial charge in [0.1, 0.15) is 5.82 Å². The van der Waals surface area contributed by atoms with Gasteiger partial charge in [0.15, 0.2) is 0 Å². The number of nitrogens with zero attached hydrogens (tertiary/aromatic N) is 2. The number of benzene rings is 1. The third kappa shape index (κ3) is 4.32. The molecule has 7 heteroatoms. The van der Waals surface area contributed by atoms with E-state index in [0.717, 1.165) is 11.1 Å². The Morgan fingerprint density at radius 2 is 1.91 bits per heavy atom. The van der Waals surface area contributed by atoms with Crippen LogP contribution in [0.1, 0.15) is 18.2 Å². The molecule has 120 valence electrons. The Kier molecular flexibility index (Phi) is 5.35. The van der Waals surface area contributed by atoms with Crippen molar-refractivity contribution in [2.45, 2.75) is 20.4 Å². The Hall–Kier alpha value is -2.83. The smallest absolute Gasteiger partial charge is 0.396 e. The first-order chi connectivity index (χ1) is 11.0. The topological polar surface area (TPSA) is 81.2 Å². The lowest BCUT2D eigenvalue weighted by Crippen LogP contribution is -2.32. The molecular formula is C16H16FN3O3. The predicted octanol–water partition coefficient (Wildman–Crippen LogP) is 1.77. The SMILES string of the molecule is CCOC(=O)C(=O)NCc1nnc(-c2ccc(F)cc2)cc1C. The van der Waals surface area contributed by atoms with Crippen LogP contribution in [0.15, 0.2) is 30.3 Å². The van der Waals surface area contributed by atoms with Crippen molar-refractivity contribution in [1.29, 1.82) is 0 Å². The average molecular weight is 317 g/mol. The number of carbonyl (C=O) groups excluding carboxylic acids is 2. The predicted molar refractivity (Wildman–Crippen MR) is 80.6 cm³/mol. The molecular weight excluding hydrogens is 301 g/mol. The summed E-state index contributed by atoms with van der Waals surface area (Å²) in [5.74, 6) is -2.08. The van der Waals surface area contributed by atoms with Crippen LogP contribution in [0.25, 0.3) is 11.3 Å². The lowest BCUT2D eigenvalue weighted by molar-refractivity contribution is -0.154. The van der Waals surface area contributed by atoms with Crippen molar-refractivity contribution in [3.8, 4) is 11.3 Å². The number of esters is 1. The molecule has 1 N–H and O–H groups in total. The van der Waals surface area contributed by atoms with Crippen molar-refractivity contribution in [2.75, 3.05) is 6.61 Å². The number of hydrogen-bond acceptors (Lipinski definition) is 5. The summed E-state index contributed by atoms with van der Waals surface area (Å²) in [4.78, 5) is 22.7. The maximum Gasteiger partial charge on any atom is 0.396 e. The number of hydrogen-bond donors (Lipinski definition) is 1. The molecule has 0 unspecified atom stereocenters. The molecule has 6 nitrogen and oxygen atoms in total. The number of carbonyl (C=O) groups is 2. The van der Waals surface area contributed by atoms with Gasteiger partial charge in [-0.25, -0.2) is 9.18 Å². The van der Waals surface area contributed by atoms with Gasteiger partial charge in [-0.3, -0.25) is 4.79 Å². The molecule has 0 saturated heterocycles. The van der Waals surface area contributed by atoms with Crippen LogP contribution in [0.4, 0.5) is 4.39 Å². The molecule has 0 atom stereocenters. The largest absolute Gasteiger partial charge is 0.459 e. The maximum atomic E-state index is 12.9. The molecule has 0 spiro atoms. The zero-order valence-electron chi connectivity index (χ0n) is 12.8. The van der Waals surface area contributed by atoms with Crippen molar-refractivity contribution in [3.05, 3.63) is 47.4 Å². The van der Waals surface area contributed by atoms with Crippen molar-refractivity contribution in [3.63, 3.8) is 0 Å². The molecule has 0 aliphatic rings. The van der Waals surface area contributed by atoms with Crippen LogP contribution in [0, 0.1) is 12.7 Å². The minimum atomic E-state index is -0.930. The Balaban J connectivity index is 2.06. The number of nitrogens with one attached hydrogen (secondary N) is 1. The molecule has 2 rings (SSSR count). The number of halogens is 1. The van der Waals surface area contributed by atoms with Crippen molar-refractivity contribution < 1.29 is 18.7 Å². The van der Waals surface area contributed by atoms with E-state index in [1.54, 1.807) is 25.1 Å². The van der Waals surface area contributed by atoms with E-state index in [0.29, 0.717) is 11.4 Å². The van der Waals surface area contributed by atoms with Crippen LogP contribution >= 0.6 is 0 Å². The standard InChI is InChI=1S/C16H16FN3O3/c1-3-23-16(22)15(21)18-9-14-10(2)8-13(19-20-14)11-4-6-12(17)7-5-11/h4-8H,3,9H2,1-2H3,(H,18,21). The van der Waals surface area contributed by atoms with E-state index in [9.17, 15) is 14.0 Å². The molecule has 2 aromatic rings. The number of aromatic nitrogens is 2. The maximum absolute atomic E-state index is 12.9. The van der Waals surface area contributed by atoms with E-state index in [1.165, 1.54) is 12.1 Å². The first-order valence-electron chi connectivity index (χ1n) is 7.05. The monoisotopic (exact) mass is 317 g/mol. The first-order valence-corrected chi connectivity index (χ1v) is 7.05. The van der Waals surface area contributed by atoms with Crippen LogP contribution in [0.3, 0.4) is 0 Å². The summed E-state index contributed by atoms with van der Waals surface area (Å²) in [6.45, 7) is 3.64. The van der Waals surface area contributed by atoms with Crippen molar-refractivity contribution in [2.24, 2.45) is 0 Å². The molecule has 1 amide bonds. The normalized spacial score (nSPS) is 10.2. The zero-order valence-corrected chi connectivity index (χ0v) is 12.8. The number of ether oxygens (including phenoxy) is 1. The number of rotatable bonds is 4. The molecule has 1 aromatic carbocycles. The second-order valence-electron chi connectivity index (χ2n) is 4.77. The van der Waals surface area contributed by atoms with E-state index in [4.69, 9.17) is 0 Å². The minimum absolute atomic E-state index is 0.0696. The molecule has 1 heterocycles. The van der Waals surface area contributed by atoms with Crippen LogP contribution in [-0.2, 0) is 20.9 Å². The first kappa shape index (κ1) is 16.5. The molecule has 0 bridgehead atoms. The van der Waals surface area contributed by atoms with Gasteiger partial charge < -0.3 is 10.1 Å². The van der Waals surface area contributed by atoms with E-state index in [2.05, 4.69) is 20.3 Å². The molecule has 23 heavy (non-hydrogen) atoms. The molecule has 0 saturated carbocycles. The van der Waals surface area contributed by atoms with Gasteiger partial charge in [0.05, 0.1) is 24.5 Å². The van der Waals surface area contributed by atoms with Crippen LogP contribution in [0.5, 0.6) is 0 Å². The summed E-state index contributed by atoms with van der Waals surface area (Å²) in [6.07, 6.45) is 0. The molecule has 1 aromatic heterocycles. The summed E-state index contributed by atoms with van der Waals surface area (Å²) in [5, 5.41) is 10.5.